The highest BCUT2D eigenvalue weighted by atomic mass is 14.7. The molecule has 0 aliphatic rings. The highest BCUT2D eigenvalue weighted by Gasteiger charge is 1.98. The lowest BCUT2D eigenvalue weighted by atomic mass is 10.0. The van der Waals surface area contributed by atoms with Gasteiger partial charge in [0.2, 0.25) is 0 Å². The summed E-state index contributed by atoms with van der Waals surface area (Å²) >= 11 is 0. The minimum Gasteiger partial charge on any atom is -0.365 e. The third-order valence-corrected chi connectivity index (χ3v) is 4.51. The molecule has 1 nitrogen and oxygen atoms in total. The summed E-state index contributed by atoms with van der Waals surface area (Å²) in [6.07, 6.45) is 21.7. The lowest BCUT2D eigenvalue weighted by Crippen LogP contribution is -1.86. The Morgan fingerprint density at radius 2 is 1.24 bits per heavy atom. The van der Waals surface area contributed by atoms with Crippen molar-refractivity contribution in [2.24, 2.45) is 0 Å². The summed E-state index contributed by atoms with van der Waals surface area (Å²) in [5, 5.41) is 0. The maximum Gasteiger partial charge on any atom is 0.0149 e. The second kappa shape index (κ2) is 13.0. The van der Waals surface area contributed by atoms with E-state index in [4.69, 9.17) is 0 Å². The highest BCUT2D eigenvalue weighted by molar-refractivity contribution is 5.16. The van der Waals surface area contributed by atoms with E-state index in [2.05, 4.69) is 31.1 Å². The molecule has 0 bridgehead atoms. The Bertz CT molecular complexity index is 326. The number of aryl methyl sites for hydroxylation is 2. The van der Waals surface area contributed by atoms with Crippen LogP contribution in [0, 0.1) is 0 Å². The third kappa shape index (κ3) is 9.77. The number of hydrogen-bond donors (Lipinski definition) is 1. The zero-order chi connectivity index (χ0) is 15.2. The van der Waals surface area contributed by atoms with Gasteiger partial charge in [-0.2, -0.15) is 0 Å². The standard InChI is InChI=1S/C20H37N/c1-3-5-6-7-8-9-10-11-12-13-14-15-16-20-17-19(4-2)18-21-20/h17-18,21H,3-16H2,1-2H3. The second-order valence-electron chi connectivity index (χ2n) is 6.53. The topological polar surface area (TPSA) is 15.8 Å². The maximum atomic E-state index is 3.40. The van der Waals surface area contributed by atoms with Crippen molar-refractivity contribution < 1.29 is 0 Å². The second-order valence-corrected chi connectivity index (χ2v) is 6.53. The molecule has 122 valence electrons. The molecule has 0 amide bonds. The molecule has 1 aromatic heterocycles. The Balaban J connectivity index is 1.80. The molecule has 1 N–H and O–H groups in total. The van der Waals surface area contributed by atoms with Gasteiger partial charge in [-0.1, -0.05) is 84.5 Å². The first-order valence-electron chi connectivity index (χ1n) is 9.53. The van der Waals surface area contributed by atoms with Crippen LogP contribution in [-0.4, -0.2) is 4.98 Å². The monoisotopic (exact) mass is 291 g/mol. The van der Waals surface area contributed by atoms with Gasteiger partial charge in [0.25, 0.3) is 0 Å². The average Bonchev–Trinajstić information content (AvgIpc) is 2.96. The van der Waals surface area contributed by atoms with Crippen LogP contribution in [-0.2, 0) is 12.8 Å². The van der Waals surface area contributed by atoms with Crippen LogP contribution in [0.5, 0.6) is 0 Å². The number of aromatic amines is 1. The van der Waals surface area contributed by atoms with E-state index in [0.29, 0.717) is 0 Å². The van der Waals surface area contributed by atoms with Crippen LogP contribution in [0.1, 0.15) is 102 Å². The first kappa shape index (κ1) is 18.3. The van der Waals surface area contributed by atoms with Crippen molar-refractivity contribution in [3.05, 3.63) is 23.5 Å². The van der Waals surface area contributed by atoms with Gasteiger partial charge < -0.3 is 4.98 Å². The van der Waals surface area contributed by atoms with Gasteiger partial charge in [0.15, 0.2) is 0 Å². The molecular formula is C20H37N. The maximum absolute atomic E-state index is 3.40. The van der Waals surface area contributed by atoms with E-state index in [-0.39, 0.29) is 0 Å². The van der Waals surface area contributed by atoms with Crippen LogP contribution in [0.25, 0.3) is 0 Å². The van der Waals surface area contributed by atoms with Crippen molar-refractivity contribution in [3.8, 4) is 0 Å². The molecule has 0 fully saturated rings. The van der Waals surface area contributed by atoms with E-state index in [0.717, 1.165) is 6.42 Å². The zero-order valence-electron chi connectivity index (χ0n) is 14.6. The predicted molar refractivity (Wildman–Crippen MR) is 95.0 cm³/mol. The SMILES string of the molecule is CCCCCCCCCCCCCCc1cc(CC)c[nH]1. The Morgan fingerprint density at radius 3 is 1.71 bits per heavy atom. The minimum atomic E-state index is 1.15. The van der Waals surface area contributed by atoms with Gasteiger partial charge in [-0.05, 0) is 30.9 Å². The van der Waals surface area contributed by atoms with Crippen LogP contribution in [0.2, 0.25) is 0 Å². The number of nitrogens with one attached hydrogen (secondary N) is 1. The first-order valence-corrected chi connectivity index (χ1v) is 9.53. The van der Waals surface area contributed by atoms with Crippen molar-refractivity contribution >= 4 is 0 Å². The molecule has 0 saturated heterocycles. The number of aromatic nitrogens is 1. The van der Waals surface area contributed by atoms with Crippen molar-refractivity contribution in [2.45, 2.75) is 104 Å². The number of rotatable bonds is 14. The van der Waals surface area contributed by atoms with Gasteiger partial charge in [-0.15, -0.1) is 0 Å². The van der Waals surface area contributed by atoms with Gasteiger partial charge in [-0.3, -0.25) is 0 Å². The fourth-order valence-corrected chi connectivity index (χ4v) is 3.00. The van der Waals surface area contributed by atoms with Gasteiger partial charge in [-0.25, -0.2) is 0 Å². The summed E-state index contributed by atoms with van der Waals surface area (Å²) < 4.78 is 0. The van der Waals surface area contributed by atoms with Crippen LogP contribution in [0.3, 0.4) is 0 Å². The summed E-state index contributed by atoms with van der Waals surface area (Å²) in [5.74, 6) is 0. The van der Waals surface area contributed by atoms with Crippen molar-refractivity contribution in [1.82, 2.24) is 4.98 Å². The van der Waals surface area contributed by atoms with Gasteiger partial charge in [0.05, 0.1) is 0 Å². The van der Waals surface area contributed by atoms with Crippen molar-refractivity contribution in [3.63, 3.8) is 0 Å². The predicted octanol–water partition coefficient (Wildman–Crippen LogP) is 6.82. The van der Waals surface area contributed by atoms with Gasteiger partial charge in [0, 0.05) is 11.9 Å². The normalized spacial score (nSPS) is 11.1. The summed E-state index contributed by atoms with van der Waals surface area (Å²) in [4.78, 5) is 3.40. The Kier molecular flexibility index (Phi) is 11.3. The first-order chi connectivity index (χ1) is 10.4. The largest absolute Gasteiger partial charge is 0.365 e. The number of hydrogen-bond acceptors (Lipinski definition) is 0. The molecule has 0 radical (unpaired) electrons. The molecule has 1 heteroatoms. The zero-order valence-corrected chi connectivity index (χ0v) is 14.6. The summed E-state index contributed by atoms with van der Waals surface area (Å²) in [6, 6.07) is 2.33. The highest BCUT2D eigenvalue weighted by Crippen LogP contribution is 2.13. The number of H-pyrrole nitrogens is 1. The molecule has 0 atom stereocenters. The molecule has 1 aromatic rings. The van der Waals surface area contributed by atoms with E-state index in [9.17, 15) is 0 Å². The van der Waals surface area contributed by atoms with E-state index in [1.165, 1.54) is 94.7 Å². The molecule has 1 rings (SSSR count). The van der Waals surface area contributed by atoms with E-state index < -0.39 is 0 Å². The van der Waals surface area contributed by atoms with Crippen LogP contribution >= 0.6 is 0 Å². The summed E-state index contributed by atoms with van der Waals surface area (Å²) in [5.41, 5.74) is 2.88. The van der Waals surface area contributed by atoms with Crippen LogP contribution in [0.4, 0.5) is 0 Å². The molecule has 0 unspecified atom stereocenters. The quantitative estimate of drug-likeness (QED) is 0.362. The molecule has 1 heterocycles. The van der Waals surface area contributed by atoms with Crippen molar-refractivity contribution in [2.75, 3.05) is 0 Å². The van der Waals surface area contributed by atoms with E-state index in [1.54, 1.807) is 0 Å². The summed E-state index contributed by atoms with van der Waals surface area (Å²) in [7, 11) is 0. The third-order valence-electron chi connectivity index (χ3n) is 4.51. The van der Waals surface area contributed by atoms with E-state index in [1.807, 2.05) is 0 Å². The Labute approximate surface area is 132 Å². The molecular weight excluding hydrogens is 254 g/mol. The van der Waals surface area contributed by atoms with Gasteiger partial charge >= 0.3 is 0 Å². The fourth-order valence-electron chi connectivity index (χ4n) is 3.00. The smallest absolute Gasteiger partial charge is 0.0149 e. The molecule has 0 aromatic carbocycles. The minimum absolute atomic E-state index is 1.15. The lowest BCUT2D eigenvalue weighted by Gasteiger charge is -2.02. The Morgan fingerprint density at radius 1 is 0.714 bits per heavy atom. The Hall–Kier alpha value is -0.720. The molecule has 0 aliphatic heterocycles. The molecule has 0 spiro atoms. The van der Waals surface area contributed by atoms with Crippen molar-refractivity contribution in [1.29, 1.82) is 0 Å². The molecule has 0 aliphatic carbocycles. The fraction of sp³-hybridized carbons (Fsp3) is 0.800. The van der Waals surface area contributed by atoms with Crippen LogP contribution < -0.4 is 0 Å². The van der Waals surface area contributed by atoms with Crippen LogP contribution in [0.15, 0.2) is 12.3 Å². The molecule has 21 heavy (non-hydrogen) atoms. The molecule has 0 saturated carbocycles. The lowest BCUT2D eigenvalue weighted by molar-refractivity contribution is 0.543. The number of unbranched alkanes of at least 4 members (excludes halogenated alkanes) is 11. The summed E-state index contributed by atoms with van der Waals surface area (Å²) in [6.45, 7) is 4.51. The average molecular weight is 292 g/mol. The van der Waals surface area contributed by atoms with Gasteiger partial charge in [0.1, 0.15) is 0 Å². The van der Waals surface area contributed by atoms with E-state index >= 15 is 0 Å².